The molecule has 1 saturated heterocycles. The van der Waals surface area contributed by atoms with Crippen LogP contribution in [0.2, 0.25) is 0 Å². The molecule has 1 heterocycles. The van der Waals surface area contributed by atoms with Crippen LogP contribution in [0.15, 0.2) is 66.7 Å². The van der Waals surface area contributed by atoms with Crippen molar-refractivity contribution in [1.29, 1.82) is 0 Å². The van der Waals surface area contributed by atoms with Gasteiger partial charge >= 0.3 is 0 Å². The van der Waals surface area contributed by atoms with E-state index in [4.69, 9.17) is 4.74 Å². The van der Waals surface area contributed by atoms with Crippen LogP contribution in [-0.4, -0.2) is 62.9 Å². The fraction of sp³-hybridized carbons (Fsp3) is 0.321. The molecule has 0 bridgehead atoms. The summed E-state index contributed by atoms with van der Waals surface area (Å²) >= 11 is 0. The van der Waals surface area contributed by atoms with Gasteiger partial charge in [0.1, 0.15) is 11.5 Å². The van der Waals surface area contributed by atoms with Crippen molar-refractivity contribution in [2.75, 3.05) is 37.3 Å². The monoisotopic (exact) mass is 523 g/mol. The van der Waals surface area contributed by atoms with Crippen LogP contribution in [0.1, 0.15) is 29.8 Å². The fourth-order valence-electron chi connectivity index (χ4n) is 4.42. The first kappa shape index (κ1) is 26.5. The summed E-state index contributed by atoms with van der Waals surface area (Å²) in [7, 11) is -3.60. The minimum atomic E-state index is -3.60. The van der Waals surface area contributed by atoms with Crippen molar-refractivity contribution in [3.05, 3.63) is 77.9 Å². The van der Waals surface area contributed by atoms with E-state index in [0.717, 1.165) is 67.1 Å². The van der Waals surface area contributed by atoms with Crippen LogP contribution in [0, 0.1) is 0 Å². The maximum Gasteiger partial charge on any atom is 0.264 e. The van der Waals surface area contributed by atoms with Gasteiger partial charge in [0.05, 0.1) is 12.4 Å². The third-order valence-corrected chi connectivity index (χ3v) is 6.62. The Morgan fingerprint density at radius 1 is 0.973 bits per heavy atom. The van der Waals surface area contributed by atoms with Gasteiger partial charge in [0.15, 0.2) is 0 Å². The quantitative estimate of drug-likeness (QED) is 0.463. The molecule has 3 aromatic carbocycles. The Kier molecular flexibility index (Phi) is 8.04. The molecule has 2 N–H and O–H groups in total. The lowest BCUT2D eigenvalue weighted by atomic mass is 10.0. The Bertz CT molecular complexity index is 1350. The van der Waals surface area contributed by atoms with Crippen LogP contribution in [0.3, 0.4) is 0 Å². The standard InChI is InChI=1S/C28H33N3O5S/c1-20(2)36-27-16-21(15-24(18-27)23-5-4-6-26(32)17-23)19-30-11-13-31(14-12-30)25-9-7-22(8-10-25)28(33)29-37(3,34)35/h4-10,15-18,20,32H,11-14,19H2,1-3H3,(H,29,33). The molecular weight excluding hydrogens is 490 g/mol. The number of hydrogen-bond acceptors (Lipinski definition) is 7. The van der Waals surface area contributed by atoms with Gasteiger partial charge in [-0.25, -0.2) is 13.1 Å². The average molecular weight is 524 g/mol. The number of benzene rings is 3. The molecule has 8 nitrogen and oxygen atoms in total. The number of hydrogen-bond donors (Lipinski definition) is 2. The Morgan fingerprint density at radius 3 is 2.30 bits per heavy atom. The second-order valence-electron chi connectivity index (χ2n) is 9.60. The normalized spacial score (nSPS) is 14.5. The predicted octanol–water partition coefficient (Wildman–Crippen LogP) is 3.86. The molecule has 37 heavy (non-hydrogen) atoms. The van der Waals surface area contributed by atoms with E-state index in [9.17, 15) is 18.3 Å². The molecule has 1 fully saturated rings. The molecule has 0 aromatic heterocycles. The summed E-state index contributed by atoms with van der Waals surface area (Å²) in [6.07, 6.45) is 1.01. The third-order valence-electron chi connectivity index (χ3n) is 6.07. The Morgan fingerprint density at radius 2 is 1.68 bits per heavy atom. The lowest BCUT2D eigenvalue weighted by Crippen LogP contribution is -2.46. The van der Waals surface area contributed by atoms with Gasteiger partial charge < -0.3 is 14.7 Å². The molecule has 0 saturated carbocycles. The largest absolute Gasteiger partial charge is 0.508 e. The number of anilines is 1. The van der Waals surface area contributed by atoms with E-state index < -0.39 is 15.9 Å². The van der Waals surface area contributed by atoms with Crippen LogP contribution >= 0.6 is 0 Å². The topological polar surface area (TPSA) is 99.2 Å². The van der Waals surface area contributed by atoms with Gasteiger partial charge in [0, 0.05) is 44.0 Å². The van der Waals surface area contributed by atoms with Gasteiger partial charge in [0.2, 0.25) is 10.0 Å². The molecule has 0 atom stereocenters. The van der Waals surface area contributed by atoms with Gasteiger partial charge in [-0.2, -0.15) is 0 Å². The Balaban J connectivity index is 1.41. The maximum atomic E-state index is 12.0. The van der Waals surface area contributed by atoms with Crippen LogP contribution in [0.5, 0.6) is 11.5 Å². The predicted molar refractivity (Wildman–Crippen MR) is 146 cm³/mol. The van der Waals surface area contributed by atoms with Gasteiger partial charge in [-0.05, 0) is 85.1 Å². The highest BCUT2D eigenvalue weighted by Crippen LogP contribution is 2.30. The van der Waals surface area contributed by atoms with Crippen molar-refractivity contribution < 1.29 is 23.1 Å². The molecule has 3 aromatic rings. The van der Waals surface area contributed by atoms with Crippen molar-refractivity contribution in [3.63, 3.8) is 0 Å². The summed E-state index contributed by atoms with van der Waals surface area (Å²) in [6.45, 7) is 8.18. The molecule has 196 valence electrons. The molecule has 1 aliphatic rings. The number of ether oxygens (including phenoxy) is 1. The molecule has 0 radical (unpaired) electrons. The van der Waals surface area contributed by atoms with Gasteiger partial charge in [0.25, 0.3) is 5.91 Å². The Labute approximate surface area is 218 Å². The second kappa shape index (κ2) is 11.2. The first-order valence-electron chi connectivity index (χ1n) is 12.3. The van der Waals surface area contributed by atoms with E-state index >= 15 is 0 Å². The van der Waals surface area contributed by atoms with Gasteiger partial charge in [-0.1, -0.05) is 12.1 Å². The van der Waals surface area contributed by atoms with Crippen LogP contribution < -0.4 is 14.4 Å². The fourth-order valence-corrected chi connectivity index (χ4v) is 4.87. The SMILES string of the molecule is CC(C)Oc1cc(CN2CCN(c3ccc(C(=O)NS(C)(=O)=O)cc3)CC2)cc(-c2cccc(O)c2)c1. The van der Waals surface area contributed by atoms with E-state index in [2.05, 4.69) is 21.9 Å². The molecule has 0 spiro atoms. The molecule has 9 heteroatoms. The molecule has 1 aliphatic heterocycles. The lowest BCUT2D eigenvalue weighted by molar-refractivity contribution is 0.0981. The number of phenolic OH excluding ortho intramolecular Hbond substituents is 1. The molecule has 4 rings (SSSR count). The summed E-state index contributed by atoms with van der Waals surface area (Å²) in [5.74, 6) is 0.409. The van der Waals surface area contributed by atoms with E-state index in [0.29, 0.717) is 5.56 Å². The van der Waals surface area contributed by atoms with Crippen LogP contribution in [0.4, 0.5) is 5.69 Å². The van der Waals surface area contributed by atoms with Crippen molar-refractivity contribution in [1.82, 2.24) is 9.62 Å². The van der Waals surface area contributed by atoms with Crippen molar-refractivity contribution in [2.45, 2.75) is 26.5 Å². The number of piperazine rings is 1. The van der Waals surface area contributed by atoms with Crippen LogP contribution in [0.25, 0.3) is 11.1 Å². The zero-order chi connectivity index (χ0) is 26.6. The summed E-state index contributed by atoms with van der Waals surface area (Å²) in [5.41, 5.74) is 4.38. The van der Waals surface area contributed by atoms with E-state index in [1.54, 1.807) is 24.3 Å². The number of carbonyl (C=O) groups excluding carboxylic acids is 1. The number of nitrogens with zero attached hydrogens (tertiary/aromatic N) is 2. The van der Waals surface area contributed by atoms with Crippen molar-refractivity contribution in [3.8, 4) is 22.6 Å². The number of sulfonamides is 1. The van der Waals surface area contributed by atoms with E-state index in [1.807, 2.05) is 48.9 Å². The van der Waals surface area contributed by atoms with E-state index in [-0.39, 0.29) is 11.9 Å². The minimum absolute atomic E-state index is 0.0552. The number of rotatable bonds is 8. The number of amides is 1. The molecule has 0 unspecified atom stereocenters. The minimum Gasteiger partial charge on any atom is -0.508 e. The number of aromatic hydroxyl groups is 1. The molecule has 1 amide bonds. The maximum absolute atomic E-state index is 12.0. The summed E-state index contributed by atoms with van der Waals surface area (Å²) in [6, 6.07) is 20.5. The van der Waals surface area contributed by atoms with E-state index in [1.165, 1.54) is 0 Å². The highest BCUT2D eigenvalue weighted by molar-refractivity contribution is 7.89. The summed E-state index contributed by atoms with van der Waals surface area (Å²) in [4.78, 5) is 16.7. The lowest BCUT2D eigenvalue weighted by Gasteiger charge is -2.36. The first-order chi connectivity index (χ1) is 17.6. The number of nitrogens with one attached hydrogen (secondary N) is 1. The smallest absolute Gasteiger partial charge is 0.264 e. The van der Waals surface area contributed by atoms with Gasteiger partial charge in [-0.3, -0.25) is 9.69 Å². The molecule has 0 aliphatic carbocycles. The zero-order valence-electron chi connectivity index (χ0n) is 21.3. The third kappa shape index (κ3) is 7.47. The summed E-state index contributed by atoms with van der Waals surface area (Å²) < 4.78 is 30.6. The highest BCUT2D eigenvalue weighted by atomic mass is 32.2. The van der Waals surface area contributed by atoms with Crippen molar-refractivity contribution >= 4 is 21.6 Å². The van der Waals surface area contributed by atoms with Gasteiger partial charge in [-0.15, -0.1) is 0 Å². The van der Waals surface area contributed by atoms with Crippen LogP contribution in [-0.2, 0) is 16.6 Å². The zero-order valence-corrected chi connectivity index (χ0v) is 22.2. The number of carbonyl (C=O) groups is 1. The Hall–Kier alpha value is -3.56. The number of phenols is 1. The molecular formula is C28H33N3O5S. The highest BCUT2D eigenvalue weighted by Gasteiger charge is 2.19. The first-order valence-corrected chi connectivity index (χ1v) is 14.1. The average Bonchev–Trinajstić information content (AvgIpc) is 2.83. The van der Waals surface area contributed by atoms with Crippen molar-refractivity contribution in [2.24, 2.45) is 0 Å². The second-order valence-corrected chi connectivity index (χ2v) is 11.3. The summed E-state index contributed by atoms with van der Waals surface area (Å²) in [5, 5.41) is 9.94.